The minimum absolute atomic E-state index is 0.0323. The smallest absolute Gasteiger partial charge is 0.416 e. The number of aromatic nitrogens is 6. The van der Waals surface area contributed by atoms with Crippen molar-refractivity contribution in [1.82, 2.24) is 34.0 Å². The monoisotopic (exact) mass is 676 g/mol. The highest BCUT2D eigenvalue weighted by Gasteiger charge is 2.33. The van der Waals surface area contributed by atoms with E-state index in [4.69, 9.17) is 20.4 Å². The summed E-state index contributed by atoms with van der Waals surface area (Å²) >= 11 is 0. The number of halogens is 4. The number of benzene rings is 2. The van der Waals surface area contributed by atoms with E-state index in [2.05, 4.69) is 9.97 Å². The van der Waals surface area contributed by atoms with E-state index in [1.807, 2.05) is 22.2 Å². The van der Waals surface area contributed by atoms with Crippen molar-refractivity contribution in [3.05, 3.63) is 64.1 Å². The molecule has 1 saturated carbocycles. The predicted molar refractivity (Wildman–Crippen MR) is 175 cm³/mol. The maximum Gasteiger partial charge on any atom is 0.416 e. The number of nitrogens with zero attached hydrogens (tertiary/aromatic N) is 5. The summed E-state index contributed by atoms with van der Waals surface area (Å²) in [6, 6.07) is 10.1. The van der Waals surface area contributed by atoms with Gasteiger partial charge in [-0.15, -0.1) is 0 Å². The average molecular weight is 677 g/mol. The van der Waals surface area contributed by atoms with E-state index < -0.39 is 29.6 Å². The van der Waals surface area contributed by atoms with Gasteiger partial charge in [0, 0.05) is 42.7 Å². The Kier molecular flexibility index (Phi) is 7.10. The van der Waals surface area contributed by atoms with Crippen LogP contribution < -0.4 is 16.2 Å². The van der Waals surface area contributed by atoms with Crippen molar-refractivity contribution >= 4 is 39.0 Å². The van der Waals surface area contributed by atoms with Crippen LogP contribution in [-0.4, -0.2) is 72.3 Å². The van der Waals surface area contributed by atoms with Gasteiger partial charge in [-0.1, -0.05) is 0 Å². The van der Waals surface area contributed by atoms with E-state index in [1.165, 1.54) is 12.0 Å². The zero-order chi connectivity index (χ0) is 34.4. The van der Waals surface area contributed by atoms with Crippen molar-refractivity contribution < 1.29 is 27.1 Å². The molecule has 0 bridgehead atoms. The lowest BCUT2D eigenvalue weighted by atomic mass is 10.0. The zero-order valence-electron chi connectivity index (χ0n) is 26.6. The van der Waals surface area contributed by atoms with Crippen LogP contribution in [0.25, 0.3) is 55.9 Å². The van der Waals surface area contributed by atoms with Crippen LogP contribution in [0.2, 0.25) is 0 Å². The summed E-state index contributed by atoms with van der Waals surface area (Å²) in [6.45, 7) is 0.816. The third-order valence-corrected chi connectivity index (χ3v) is 9.46. The number of carbonyl (C=O) groups excluding carboxylic acids is 1. The molecule has 0 radical (unpaired) electrons. The summed E-state index contributed by atoms with van der Waals surface area (Å²) in [6.07, 6.45) is -3.58. The van der Waals surface area contributed by atoms with Gasteiger partial charge in [0.25, 0.3) is 5.91 Å². The molecule has 6 aromatic rings. The normalized spacial score (nSPS) is 18.6. The number of likely N-dealkylation sites (tertiary alicyclic amines) is 1. The molecule has 2 fully saturated rings. The molecule has 2 atom stereocenters. The largest absolute Gasteiger partial charge is 0.494 e. The van der Waals surface area contributed by atoms with Crippen LogP contribution in [-0.2, 0) is 19.8 Å². The number of imidazole rings is 2. The van der Waals surface area contributed by atoms with Crippen LogP contribution in [0.4, 0.5) is 17.6 Å². The van der Waals surface area contributed by atoms with Gasteiger partial charge in [-0.2, -0.15) is 13.2 Å². The van der Waals surface area contributed by atoms with Gasteiger partial charge in [-0.25, -0.2) is 19.2 Å². The fourth-order valence-electron chi connectivity index (χ4n) is 6.96. The molecule has 254 valence electrons. The summed E-state index contributed by atoms with van der Waals surface area (Å²) in [5, 5.41) is 0.752. The summed E-state index contributed by atoms with van der Waals surface area (Å²) in [5.74, 6) is 1.01. The summed E-state index contributed by atoms with van der Waals surface area (Å²) in [5.41, 5.74) is 7.88. The van der Waals surface area contributed by atoms with Crippen LogP contribution >= 0.6 is 0 Å². The number of ether oxygens (including phenoxy) is 1. The zero-order valence-corrected chi connectivity index (χ0v) is 26.6. The molecule has 5 heterocycles. The van der Waals surface area contributed by atoms with Gasteiger partial charge in [0.1, 0.15) is 23.1 Å². The van der Waals surface area contributed by atoms with Crippen LogP contribution in [0.15, 0.2) is 47.3 Å². The second kappa shape index (κ2) is 11.2. The van der Waals surface area contributed by atoms with E-state index in [0.717, 1.165) is 36.1 Å². The number of pyridine rings is 1. The molecule has 1 saturated heterocycles. The lowest BCUT2D eigenvalue weighted by molar-refractivity contribution is -0.137. The number of aromatic amines is 2. The number of amides is 1. The third kappa shape index (κ3) is 5.41. The van der Waals surface area contributed by atoms with Gasteiger partial charge in [-0.05, 0) is 67.6 Å². The SMILES string of the molecule is COc1cc(C(=O)N2C[C@H](N)C[C@@H](F)C2)cc2nc(-c3cc4ccc(-c5cc(C(F)(F)F)cc6[nH]c(=O)[nH]c56)nc4n3CC3CC3)n(C)c12. The van der Waals surface area contributed by atoms with Crippen LogP contribution in [0.3, 0.4) is 0 Å². The molecule has 0 spiro atoms. The maximum absolute atomic E-state index is 14.3. The lowest BCUT2D eigenvalue weighted by Gasteiger charge is -2.33. The molecule has 2 aromatic carbocycles. The van der Waals surface area contributed by atoms with Crippen LogP contribution in [0.5, 0.6) is 5.75 Å². The predicted octanol–water partition coefficient (Wildman–Crippen LogP) is 5.38. The number of methoxy groups -OCH3 is 1. The number of H-pyrrole nitrogens is 2. The number of piperidine rings is 1. The molecule has 1 aliphatic heterocycles. The van der Waals surface area contributed by atoms with E-state index in [-0.39, 0.29) is 47.7 Å². The summed E-state index contributed by atoms with van der Waals surface area (Å²) < 4.78 is 65.5. The van der Waals surface area contributed by atoms with E-state index in [9.17, 15) is 27.2 Å². The molecule has 1 amide bonds. The first-order valence-corrected chi connectivity index (χ1v) is 16.0. The third-order valence-electron chi connectivity index (χ3n) is 9.46. The van der Waals surface area contributed by atoms with Gasteiger partial charge >= 0.3 is 11.9 Å². The topological polar surface area (TPSA) is 140 Å². The first-order valence-electron chi connectivity index (χ1n) is 16.0. The first kappa shape index (κ1) is 31.1. The molecule has 8 rings (SSSR count). The van der Waals surface area contributed by atoms with Crippen molar-refractivity contribution in [3.63, 3.8) is 0 Å². The first-order chi connectivity index (χ1) is 23.4. The fraction of sp³-hybridized carbons (Fsp3) is 0.353. The number of rotatable bonds is 6. The Balaban J connectivity index is 1.27. The van der Waals surface area contributed by atoms with Crippen molar-refractivity contribution in [2.45, 2.75) is 44.2 Å². The molecule has 15 heteroatoms. The molecular weight excluding hydrogens is 644 g/mol. The Morgan fingerprint density at radius 1 is 1.08 bits per heavy atom. The van der Waals surface area contributed by atoms with E-state index >= 15 is 0 Å². The van der Waals surface area contributed by atoms with Gasteiger partial charge in [-0.3, -0.25) is 4.79 Å². The second-order valence-electron chi connectivity index (χ2n) is 13.1. The van der Waals surface area contributed by atoms with Crippen molar-refractivity contribution in [1.29, 1.82) is 0 Å². The van der Waals surface area contributed by atoms with E-state index in [0.29, 0.717) is 46.3 Å². The number of nitrogens with two attached hydrogens (primary N) is 1. The molecule has 4 N–H and O–H groups in total. The number of fused-ring (bicyclic) bond motifs is 3. The summed E-state index contributed by atoms with van der Waals surface area (Å²) in [7, 11) is 3.34. The number of hydrogen-bond donors (Lipinski definition) is 3. The lowest BCUT2D eigenvalue weighted by Crippen LogP contribution is -2.50. The standard InChI is InChI=1S/C34H32F4N8O3/c1-44-29-25(7-18(9-27(29)49-2)32(47)45-14-20(35)12-21(39)15-45)41-31(44)26-8-17-5-6-23(40-30(17)46(26)13-16-3-4-16)22-10-19(34(36,37)38)11-24-28(22)43-33(48)42-24/h5-11,16,20-21H,3-4,12-15,39H2,1-2H3,(H2,42,43,48)/t20-,21-/m1/s1. The van der Waals surface area contributed by atoms with Crippen LogP contribution in [0.1, 0.15) is 35.2 Å². The fourth-order valence-corrected chi connectivity index (χ4v) is 6.96. The Hall–Kier alpha value is -5.18. The van der Waals surface area contributed by atoms with Gasteiger partial charge in [0.05, 0.1) is 47.2 Å². The number of carbonyl (C=O) groups is 1. The molecule has 11 nitrogen and oxygen atoms in total. The number of aryl methyl sites for hydroxylation is 1. The molecule has 4 aromatic heterocycles. The second-order valence-corrected chi connectivity index (χ2v) is 13.1. The van der Waals surface area contributed by atoms with Crippen molar-refractivity contribution in [2.24, 2.45) is 18.7 Å². The van der Waals surface area contributed by atoms with Crippen molar-refractivity contribution in [3.8, 4) is 28.5 Å². The Morgan fingerprint density at radius 2 is 1.88 bits per heavy atom. The molecular formula is C34H32F4N8O3. The number of nitrogens with one attached hydrogen (secondary N) is 2. The number of hydrogen-bond acceptors (Lipinski definition) is 6. The molecule has 49 heavy (non-hydrogen) atoms. The quantitative estimate of drug-likeness (QED) is 0.203. The Labute approximate surface area is 275 Å². The molecule has 2 aliphatic rings. The minimum atomic E-state index is -4.64. The van der Waals surface area contributed by atoms with E-state index in [1.54, 1.807) is 24.3 Å². The highest BCUT2D eigenvalue weighted by Crippen LogP contribution is 2.40. The van der Waals surface area contributed by atoms with Crippen LogP contribution in [0, 0.1) is 5.92 Å². The highest BCUT2D eigenvalue weighted by molar-refractivity contribution is 6.00. The molecule has 0 unspecified atom stereocenters. The Morgan fingerprint density at radius 3 is 2.59 bits per heavy atom. The Bertz CT molecular complexity index is 2340. The maximum atomic E-state index is 14.3. The molecule has 1 aliphatic carbocycles. The summed E-state index contributed by atoms with van der Waals surface area (Å²) in [4.78, 5) is 41.9. The van der Waals surface area contributed by atoms with Gasteiger partial charge < -0.3 is 34.5 Å². The van der Waals surface area contributed by atoms with Gasteiger partial charge in [0.2, 0.25) is 0 Å². The minimum Gasteiger partial charge on any atom is -0.494 e. The highest BCUT2D eigenvalue weighted by atomic mass is 19.4. The number of alkyl halides is 4. The van der Waals surface area contributed by atoms with Crippen molar-refractivity contribution in [2.75, 3.05) is 20.2 Å². The van der Waals surface area contributed by atoms with Gasteiger partial charge in [0.15, 0.2) is 5.82 Å². The average Bonchev–Trinajstić information content (AvgIpc) is 3.56.